The molecule has 4 rings (SSSR count). The minimum atomic E-state index is -0.893. The molecule has 3 aromatic rings. The number of hydrogen-bond acceptors (Lipinski definition) is 6. The van der Waals surface area contributed by atoms with E-state index in [4.69, 9.17) is 9.47 Å². The second kappa shape index (κ2) is 9.38. The van der Waals surface area contributed by atoms with Gasteiger partial charge in [-0.2, -0.15) is 0 Å². The number of amides is 1. The fourth-order valence-corrected chi connectivity index (χ4v) is 4.72. The number of aromatic nitrogens is 1. The molecule has 2 aromatic carbocycles. The van der Waals surface area contributed by atoms with Gasteiger partial charge in [-0.15, -0.1) is 0 Å². The molecular weight excluding hydrogens is 436 g/mol. The summed E-state index contributed by atoms with van der Waals surface area (Å²) >= 11 is 1.08. The predicted octanol–water partition coefficient (Wildman–Crippen LogP) is 4.48. The standard InChI is InChI=1S/C23H25F2N3O3S/c1-4-27(5-2)10-11-28(23-26-20-16(25)12-15(24)13-19(20)32-23)22(29)21-14(3)30-17-8-6-7-9-18(17)31-21/h6-9,12-14,21H,4-5,10-11H2,1-3H3. The minimum absolute atomic E-state index is 0.0474. The first-order valence-electron chi connectivity index (χ1n) is 10.6. The van der Waals surface area contributed by atoms with Crippen LogP contribution >= 0.6 is 11.3 Å². The molecule has 0 bridgehead atoms. The monoisotopic (exact) mass is 461 g/mol. The number of likely N-dealkylation sites (N-methyl/N-ethyl adjacent to an activating group) is 1. The molecule has 9 heteroatoms. The summed E-state index contributed by atoms with van der Waals surface area (Å²) in [6, 6.07) is 9.20. The first kappa shape index (κ1) is 22.4. The van der Waals surface area contributed by atoms with E-state index in [-0.39, 0.29) is 11.4 Å². The summed E-state index contributed by atoms with van der Waals surface area (Å²) in [5.74, 6) is -0.695. The number of halogens is 2. The number of para-hydroxylation sites is 2. The largest absolute Gasteiger partial charge is 0.482 e. The highest BCUT2D eigenvalue weighted by molar-refractivity contribution is 7.22. The molecule has 0 fully saturated rings. The summed E-state index contributed by atoms with van der Waals surface area (Å²) in [5.41, 5.74) is 0.0474. The van der Waals surface area contributed by atoms with Crippen molar-refractivity contribution < 1.29 is 23.0 Å². The summed E-state index contributed by atoms with van der Waals surface area (Å²) in [7, 11) is 0. The number of carbonyl (C=O) groups excluding carboxylic acids is 1. The fourth-order valence-electron chi connectivity index (χ4n) is 3.69. The highest BCUT2D eigenvalue weighted by atomic mass is 32.1. The minimum Gasteiger partial charge on any atom is -0.482 e. The van der Waals surface area contributed by atoms with Gasteiger partial charge in [0.2, 0.25) is 6.10 Å². The fraction of sp³-hybridized carbons (Fsp3) is 0.391. The second-order valence-electron chi connectivity index (χ2n) is 7.56. The van der Waals surface area contributed by atoms with Crippen LogP contribution in [0.3, 0.4) is 0 Å². The van der Waals surface area contributed by atoms with Crippen LogP contribution in [0.25, 0.3) is 10.2 Å². The zero-order chi connectivity index (χ0) is 22.8. The molecule has 0 spiro atoms. The molecule has 0 radical (unpaired) electrons. The molecule has 6 nitrogen and oxygen atoms in total. The third kappa shape index (κ3) is 4.40. The van der Waals surface area contributed by atoms with Crippen LogP contribution in [0.1, 0.15) is 20.8 Å². The molecular formula is C23H25F2N3O3S. The predicted molar refractivity (Wildman–Crippen MR) is 121 cm³/mol. The second-order valence-corrected chi connectivity index (χ2v) is 8.56. The lowest BCUT2D eigenvalue weighted by Gasteiger charge is -2.34. The molecule has 0 aliphatic carbocycles. The summed E-state index contributed by atoms with van der Waals surface area (Å²) < 4.78 is 40.2. The first-order valence-corrected chi connectivity index (χ1v) is 11.4. The van der Waals surface area contributed by atoms with Crippen LogP contribution in [0.4, 0.5) is 13.9 Å². The molecule has 0 saturated heterocycles. The molecule has 1 aliphatic heterocycles. The Morgan fingerprint density at radius 1 is 1.09 bits per heavy atom. The van der Waals surface area contributed by atoms with Crippen LogP contribution in [0.5, 0.6) is 11.5 Å². The molecule has 1 aromatic heterocycles. The van der Waals surface area contributed by atoms with Crippen molar-refractivity contribution in [2.24, 2.45) is 0 Å². The normalized spacial score (nSPS) is 17.7. The van der Waals surface area contributed by atoms with Gasteiger partial charge in [0, 0.05) is 19.2 Å². The highest BCUT2D eigenvalue weighted by Crippen LogP contribution is 2.36. The van der Waals surface area contributed by atoms with Crippen molar-refractivity contribution in [1.29, 1.82) is 0 Å². The van der Waals surface area contributed by atoms with E-state index in [1.807, 2.05) is 26.0 Å². The van der Waals surface area contributed by atoms with Gasteiger partial charge in [-0.05, 0) is 38.2 Å². The number of rotatable bonds is 7. The van der Waals surface area contributed by atoms with E-state index >= 15 is 0 Å². The van der Waals surface area contributed by atoms with Gasteiger partial charge in [-0.25, -0.2) is 13.8 Å². The lowest BCUT2D eigenvalue weighted by atomic mass is 10.1. The van der Waals surface area contributed by atoms with Crippen molar-refractivity contribution in [2.75, 3.05) is 31.1 Å². The van der Waals surface area contributed by atoms with E-state index in [1.165, 1.54) is 11.0 Å². The van der Waals surface area contributed by atoms with Gasteiger partial charge in [0.1, 0.15) is 17.4 Å². The molecule has 2 heterocycles. The van der Waals surface area contributed by atoms with E-state index in [2.05, 4.69) is 9.88 Å². The highest BCUT2D eigenvalue weighted by Gasteiger charge is 2.38. The number of thiazole rings is 1. The van der Waals surface area contributed by atoms with Crippen molar-refractivity contribution in [1.82, 2.24) is 9.88 Å². The van der Waals surface area contributed by atoms with Crippen molar-refractivity contribution in [3.63, 3.8) is 0 Å². The van der Waals surface area contributed by atoms with Gasteiger partial charge in [0.25, 0.3) is 5.91 Å². The maximum atomic E-state index is 14.3. The molecule has 32 heavy (non-hydrogen) atoms. The first-order chi connectivity index (χ1) is 15.4. The number of nitrogens with zero attached hydrogens (tertiary/aromatic N) is 3. The molecule has 1 aliphatic rings. The zero-order valence-corrected chi connectivity index (χ0v) is 19.0. The van der Waals surface area contributed by atoms with Crippen LogP contribution in [-0.4, -0.2) is 54.2 Å². The number of fused-ring (bicyclic) bond motifs is 2. The summed E-state index contributed by atoms with van der Waals surface area (Å²) in [5, 5.41) is 0.302. The average molecular weight is 462 g/mol. The molecule has 0 N–H and O–H groups in total. The number of benzene rings is 2. The van der Waals surface area contributed by atoms with E-state index in [9.17, 15) is 13.6 Å². The zero-order valence-electron chi connectivity index (χ0n) is 18.2. The molecule has 2 unspecified atom stereocenters. The lowest BCUT2D eigenvalue weighted by molar-refractivity contribution is -0.130. The van der Waals surface area contributed by atoms with Crippen LogP contribution in [0.2, 0.25) is 0 Å². The average Bonchev–Trinajstić information content (AvgIpc) is 3.20. The van der Waals surface area contributed by atoms with Gasteiger partial charge in [-0.3, -0.25) is 9.69 Å². The van der Waals surface area contributed by atoms with Crippen molar-refractivity contribution in [3.8, 4) is 11.5 Å². The SMILES string of the molecule is CCN(CC)CCN(C(=O)C1Oc2ccccc2OC1C)c1nc2c(F)cc(F)cc2s1. The van der Waals surface area contributed by atoms with Crippen molar-refractivity contribution in [2.45, 2.75) is 33.0 Å². The van der Waals surface area contributed by atoms with E-state index in [0.29, 0.717) is 34.4 Å². The Bertz CT molecular complexity index is 1120. The molecule has 0 saturated carbocycles. The lowest BCUT2D eigenvalue weighted by Crippen LogP contribution is -2.52. The number of carbonyl (C=O) groups is 1. The molecule has 1 amide bonds. The molecule has 2 atom stereocenters. The smallest absolute Gasteiger partial charge is 0.273 e. The van der Waals surface area contributed by atoms with Crippen LogP contribution < -0.4 is 14.4 Å². The third-order valence-corrected chi connectivity index (χ3v) is 6.54. The Hall–Kier alpha value is -2.78. The Morgan fingerprint density at radius 2 is 1.78 bits per heavy atom. The third-order valence-electron chi connectivity index (χ3n) is 5.52. The van der Waals surface area contributed by atoms with E-state index in [1.54, 1.807) is 19.1 Å². The van der Waals surface area contributed by atoms with Crippen LogP contribution in [-0.2, 0) is 4.79 Å². The van der Waals surface area contributed by atoms with Crippen molar-refractivity contribution in [3.05, 3.63) is 48.0 Å². The van der Waals surface area contributed by atoms with E-state index in [0.717, 1.165) is 30.5 Å². The van der Waals surface area contributed by atoms with Crippen molar-refractivity contribution >= 4 is 32.6 Å². The van der Waals surface area contributed by atoms with Crippen LogP contribution in [0, 0.1) is 11.6 Å². The van der Waals surface area contributed by atoms with Gasteiger partial charge < -0.3 is 14.4 Å². The van der Waals surface area contributed by atoms with Gasteiger partial charge in [0.05, 0.1) is 4.70 Å². The Morgan fingerprint density at radius 3 is 2.47 bits per heavy atom. The maximum absolute atomic E-state index is 14.3. The number of hydrogen-bond donors (Lipinski definition) is 0. The summed E-state index contributed by atoms with van der Waals surface area (Å²) in [4.78, 5) is 21.6. The maximum Gasteiger partial charge on any atom is 0.273 e. The van der Waals surface area contributed by atoms with Gasteiger partial charge >= 0.3 is 0 Å². The Balaban J connectivity index is 1.68. The van der Waals surface area contributed by atoms with Gasteiger partial charge in [0.15, 0.2) is 22.4 Å². The number of ether oxygens (including phenoxy) is 2. The molecule has 170 valence electrons. The van der Waals surface area contributed by atoms with Crippen LogP contribution in [0.15, 0.2) is 36.4 Å². The topological polar surface area (TPSA) is 54.9 Å². The quantitative estimate of drug-likeness (QED) is 0.519. The van der Waals surface area contributed by atoms with E-state index < -0.39 is 23.8 Å². The Kier molecular flexibility index (Phi) is 6.57. The Labute approximate surface area is 189 Å². The van der Waals surface area contributed by atoms with Gasteiger partial charge in [-0.1, -0.05) is 37.3 Å². The summed E-state index contributed by atoms with van der Waals surface area (Å²) in [6.07, 6.45) is -1.42. The summed E-state index contributed by atoms with van der Waals surface area (Å²) in [6.45, 7) is 8.44. The number of anilines is 1.